The van der Waals surface area contributed by atoms with E-state index in [0.29, 0.717) is 22.1 Å². The van der Waals surface area contributed by atoms with Crippen LogP contribution in [-0.4, -0.2) is 17.9 Å². The molecule has 3 aromatic rings. The molecule has 0 radical (unpaired) electrons. The quantitative estimate of drug-likeness (QED) is 0.468. The van der Waals surface area contributed by atoms with E-state index in [4.69, 9.17) is 16.3 Å². The highest BCUT2D eigenvalue weighted by molar-refractivity contribution is 6.32. The molecule has 6 heteroatoms. The van der Waals surface area contributed by atoms with Crippen LogP contribution >= 0.6 is 11.6 Å². The van der Waals surface area contributed by atoms with E-state index in [1.807, 2.05) is 31.2 Å². The summed E-state index contributed by atoms with van der Waals surface area (Å²) in [5.41, 5.74) is 3.33. The minimum absolute atomic E-state index is 0.237. The number of anilines is 2. The largest absolute Gasteiger partial charge is 0.479 e. The Morgan fingerprint density at radius 3 is 2.16 bits per heavy atom. The van der Waals surface area contributed by atoms with Crippen molar-refractivity contribution in [3.63, 3.8) is 0 Å². The fourth-order valence-corrected chi connectivity index (χ4v) is 2.88. The first-order valence-electron chi connectivity index (χ1n) is 9.78. The fourth-order valence-electron chi connectivity index (χ4n) is 2.70. The summed E-state index contributed by atoms with van der Waals surface area (Å²) in [5.74, 6) is -0.0968. The molecule has 0 aromatic heterocycles. The third kappa shape index (κ3) is 6.73. The van der Waals surface area contributed by atoms with Crippen LogP contribution in [0.2, 0.25) is 5.02 Å². The Morgan fingerprint density at radius 2 is 1.52 bits per heavy atom. The molecule has 1 atom stereocenters. The number of benzene rings is 3. The number of ether oxygens (including phenoxy) is 1. The van der Waals surface area contributed by atoms with E-state index in [1.165, 1.54) is 11.6 Å². The molecule has 0 heterocycles. The molecule has 0 aliphatic heterocycles. The highest BCUT2D eigenvalue weighted by Gasteiger charge is 2.16. The average molecular weight is 435 g/mol. The SMILES string of the molecule is Cc1ccc(/C=C/C(=O)Nc2ccc(NC(=O)C(C)Oc3ccccc3Cl)cc2)cc1. The van der Waals surface area contributed by atoms with Gasteiger partial charge in [-0.2, -0.15) is 0 Å². The molecule has 0 bridgehead atoms. The van der Waals surface area contributed by atoms with Gasteiger partial charge in [0.2, 0.25) is 5.91 Å². The van der Waals surface area contributed by atoms with Crippen LogP contribution in [0.3, 0.4) is 0 Å². The Balaban J connectivity index is 1.52. The maximum atomic E-state index is 12.4. The van der Waals surface area contributed by atoms with Gasteiger partial charge in [0, 0.05) is 17.5 Å². The van der Waals surface area contributed by atoms with Gasteiger partial charge in [-0.05, 0) is 61.9 Å². The normalized spacial score (nSPS) is 11.7. The number of carbonyl (C=O) groups excluding carboxylic acids is 2. The van der Waals surface area contributed by atoms with E-state index in [1.54, 1.807) is 61.5 Å². The van der Waals surface area contributed by atoms with E-state index < -0.39 is 6.10 Å². The average Bonchev–Trinajstić information content (AvgIpc) is 2.76. The molecule has 0 fully saturated rings. The first kappa shape index (κ1) is 22.1. The Hall–Kier alpha value is -3.57. The van der Waals surface area contributed by atoms with Crippen LogP contribution in [0.25, 0.3) is 6.08 Å². The first-order valence-corrected chi connectivity index (χ1v) is 10.2. The number of hydrogen-bond acceptors (Lipinski definition) is 3. The predicted octanol–water partition coefficient (Wildman–Crippen LogP) is 5.71. The molecule has 31 heavy (non-hydrogen) atoms. The second-order valence-corrected chi connectivity index (χ2v) is 7.40. The van der Waals surface area contributed by atoms with Crippen LogP contribution in [0.15, 0.2) is 78.9 Å². The van der Waals surface area contributed by atoms with Crippen LogP contribution in [0.1, 0.15) is 18.1 Å². The van der Waals surface area contributed by atoms with Crippen molar-refractivity contribution in [1.29, 1.82) is 0 Å². The zero-order valence-corrected chi connectivity index (χ0v) is 18.0. The lowest BCUT2D eigenvalue weighted by molar-refractivity contribution is -0.122. The van der Waals surface area contributed by atoms with Crippen molar-refractivity contribution in [2.24, 2.45) is 0 Å². The number of hydrogen-bond donors (Lipinski definition) is 2. The maximum absolute atomic E-state index is 12.4. The number of nitrogens with one attached hydrogen (secondary N) is 2. The molecule has 0 saturated carbocycles. The zero-order valence-electron chi connectivity index (χ0n) is 17.3. The summed E-state index contributed by atoms with van der Waals surface area (Å²) in [6, 6.07) is 21.7. The van der Waals surface area contributed by atoms with Crippen LogP contribution in [0.4, 0.5) is 11.4 Å². The van der Waals surface area contributed by atoms with Gasteiger partial charge in [-0.25, -0.2) is 0 Å². The minimum Gasteiger partial charge on any atom is -0.479 e. The molecule has 158 valence electrons. The number of halogens is 1. The molecule has 0 saturated heterocycles. The first-order chi connectivity index (χ1) is 14.9. The van der Waals surface area contributed by atoms with E-state index >= 15 is 0 Å². The highest BCUT2D eigenvalue weighted by Crippen LogP contribution is 2.24. The summed E-state index contributed by atoms with van der Waals surface area (Å²) in [6.07, 6.45) is 2.50. The molecular formula is C25H23ClN2O3. The van der Waals surface area contributed by atoms with E-state index in [9.17, 15) is 9.59 Å². The Bertz CT molecular complexity index is 1080. The lowest BCUT2D eigenvalue weighted by atomic mass is 10.1. The molecule has 2 N–H and O–H groups in total. The summed E-state index contributed by atoms with van der Waals surface area (Å²) >= 11 is 6.06. The topological polar surface area (TPSA) is 67.4 Å². The van der Waals surface area contributed by atoms with Gasteiger partial charge >= 0.3 is 0 Å². The van der Waals surface area contributed by atoms with Crippen molar-refractivity contribution in [2.45, 2.75) is 20.0 Å². The van der Waals surface area contributed by atoms with Crippen molar-refractivity contribution >= 4 is 40.9 Å². The van der Waals surface area contributed by atoms with Crippen LogP contribution in [0.5, 0.6) is 5.75 Å². The number of rotatable bonds is 7. The second-order valence-electron chi connectivity index (χ2n) is 6.99. The number of aryl methyl sites for hydroxylation is 1. The summed E-state index contributed by atoms with van der Waals surface area (Å²) in [7, 11) is 0. The lowest BCUT2D eigenvalue weighted by Gasteiger charge is -2.15. The molecular weight excluding hydrogens is 412 g/mol. The summed E-state index contributed by atoms with van der Waals surface area (Å²) < 4.78 is 5.62. The van der Waals surface area contributed by atoms with E-state index in [-0.39, 0.29) is 11.8 Å². The van der Waals surface area contributed by atoms with Crippen molar-refractivity contribution in [3.8, 4) is 5.75 Å². The number of para-hydroxylation sites is 1. The predicted molar refractivity (Wildman–Crippen MR) is 125 cm³/mol. The monoisotopic (exact) mass is 434 g/mol. The molecule has 0 aliphatic carbocycles. The van der Waals surface area contributed by atoms with Crippen LogP contribution in [-0.2, 0) is 9.59 Å². The molecule has 5 nitrogen and oxygen atoms in total. The van der Waals surface area contributed by atoms with Crippen molar-refractivity contribution < 1.29 is 14.3 Å². The van der Waals surface area contributed by atoms with Crippen LogP contribution in [0, 0.1) is 6.92 Å². The third-order valence-corrected chi connectivity index (χ3v) is 4.75. The lowest BCUT2D eigenvalue weighted by Crippen LogP contribution is -2.30. The van der Waals surface area contributed by atoms with Gasteiger partial charge < -0.3 is 15.4 Å². The fraction of sp³-hybridized carbons (Fsp3) is 0.120. The molecule has 0 spiro atoms. The summed E-state index contributed by atoms with van der Waals surface area (Å²) in [4.78, 5) is 24.5. The van der Waals surface area contributed by atoms with Gasteiger partial charge in [0.05, 0.1) is 5.02 Å². The highest BCUT2D eigenvalue weighted by atomic mass is 35.5. The van der Waals surface area contributed by atoms with Gasteiger partial charge in [0.15, 0.2) is 6.10 Å². The second kappa shape index (κ2) is 10.5. The van der Waals surface area contributed by atoms with Gasteiger partial charge in [0.25, 0.3) is 5.91 Å². The van der Waals surface area contributed by atoms with E-state index in [0.717, 1.165) is 5.56 Å². The minimum atomic E-state index is -0.730. The van der Waals surface area contributed by atoms with Gasteiger partial charge in [-0.15, -0.1) is 0 Å². The summed E-state index contributed by atoms with van der Waals surface area (Å²) in [5, 5.41) is 6.01. The van der Waals surface area contributed by atoms with Crippen molar-refractivity contribution in [1.82, 2.24) is 0 Å². The standard InChI is InChI=1S/C25H23ClN2O3/c1-17-7-9-19(10-8-17)11-16-24(29)27-20-12-14-21(15-13-20)28-25(30)18(2)31-23-6-4-3-5-22(23)26/h3-16,18H,1-2H3,(H,27,29)(H,28,30)/b16-11+. The smallest absolute Gasteiger partial charge is 0.265 e. The third-order valence-electron chi connectivity index (χ3n) is 4.43. The molecule has 0 aliphatic rings. The zero-order chi connectivity index (χ0) is 22.2. The van der Waals surface area contributed by atoms with Gasteiger partial charge in [0.1, 0.15) is 5.75 Å². The molecule has 3 rings (SSSR count). The Morgan fingerprint density at radius 1 is 0.903 bits per heavy atom. The van der Waals surface area contributed by atoms with Gasteiger partial charge in [-0.1, -0.05) is 53.6 Å². The number of amides is 2. The Labute approximate surface area is 186 Å². The number of carbonyl (C=O) groups is 2. The molecule has 1 unspecified atom stereocenters. The van der Waals surface area contributed by atoms with Crippen molar-refractivity contribution in [2.75, 3.05) is 10.6 Å². The Kier molecular flexibility index (Phi) is 7.46. The maximum Gasteiger partial charge on any atom is 0.265 e. The van der Waals surface area contributed by atoms with Crippen LogP contribution < -0.4 is 15.4 Å². The van der Waals surface area contributed by atoms with E-state index in [2.05, 4.69) is 10.6 Å². The van der Waals surface area contributed by atoms with Crippen molar-refractivity contribution in [3.05, 3.63) is 95.0 Å². The van der Waals surface area contributed by atoms with Gasteiger partial charge in [-0.3, -0.25) is 9.59 Å². The molecule has 2 amide bonds. The molecule has 3 aromatic carbocycles. The summed E-state index contributed by atoms with van der Waals surface area (Å²) in [6.45, 7) is 3.66.